The highest BCUT2D eigenvalue weighted by molar-refractivity contribution is 5.98. The van der Waals surface area contributed by atoms with Crippen molar-refractivity contribution >= 4 is 27.6 Å². The fraction of sp³-hybridized carbons (Fsp3) is 0.273. The van der Waals surface area contributed by atoms with E-state index < -0.39 is 0 Å². The highest BCUT2D eigenvalue weighted by atomic mass is 16.5. The molecule has 4 aromatic heterocycles. The van der Waals surface area contributed by atoms with Gasteiger partial charge in [0.15, 0.2) is 5.65 Å². The molecule has 0 spiro atoms. The van der Waals surface area contributed by atoms with Crippen LogP contribution < -0.4 is 10.1 Å². The van der Waals surface area contributed by atoms with Crippen molar-refractivity contribution in [3.8, 4) is 17.0 Å². The molecule has 0 bridgehead atoms. The van der Waals surface area contributed by atoms with Crippen LogP contribution in [0.2, 0.25) is 0 Å². The molecule has 6 rings (SSSR count). The number of benzene rings is 1. The average Bonchev–Trinajstić information content (AvgIpc) is 3.51. The van der Waals surface area contributed by atoms with Gasteiger partial charge in [-0.25, -0.2) is 9.97 Å². The molecule has 2 N–H and O–H groups in total. The molecule has 0 amide bonds. The molecule has 1 atom stereocenters. The van der Waals surface area contributed by atoms with E-state index in [4.69, 9.17) is 9.72 Å². The van der Waals surface area contributed by atoms with Crippen LogP contribution in [0, 0.1) is 0 Å². The first-order valence-electron chi connectivity index (χ1n) is 9.95. The molecule has 7 heteroatoms. The number of imidazole rings is 1. The summed E-state index contributed by atoms with van der Waals surface area (Å²) in [5.74, 6) is 1.92. The van der Waals surface area contributed by atoms with Crippen molar-refractivity contribution in [2.75, 3.05) is 13.7 Å². The number of methoxy groups -OCH3 is 1. The van der Waals surface area contributed by atoms with E-state index in [-0.39, 0.29) is 0 Å². The van der Waals surface area contributed by atoms with Gasteiger partial charge in [-0.3, -0.25) is 4.40 Å². The number of hydrogen-bond donors (Lipinski definition) is 2. The summed E-state index contributed by atoms with van der Waals surface area (Å²) < 4.78 is 9.83. The standard InChI is InChI=1S/C22H22N6O/c1-27-12-16(15-8-14(29-2)5-6-19(15)27)18-9-20-21(26-18)24-10-13-11-25-22(28(13)20)17-4-3-7-23-17/h5-6,8-12,17,23,26H,3-4,7H2,1-2H3. The van der Waals surface area contributed by atoms with Gasteiger partial charge in [-0.2, -0.15) is 0 Å². The molecule has 1 fully saturated rings. The second kappa shape index (κ2) is 6.09. The van der Waals surface area contributed by atoms with E-state index in [1.165, 1.54) is 6.42 Å². The molecular formula is C22H22N6O. The number of fused-ring (bicyclic) bond motifs is 4. The Bertz CT molecular complexity index is 1370. The molecule has 146 valence electrons. The van der Waals surface area contributed by atoms with Crippen LogP contribution in [-0.4, -0.2) is 37.6 Å². The molecule has 1 aromatic carbocycles. The third-order valence-corrected chi connectivity index (χ3v) is 6.02. The van der Waals surface area contributed by atoms with Gasteiger partial charge in [0.25, 0.3) is 0 Å². The molecule has 1 unspecified atom stereocenters. The van der Waals surface area contributed by atoms with Crippen LogP contribution in [0.5, 0.6) is 5.75 Å². The lowest BCUT2D eigenvalue weighted by Crippen LogP contribution is -2.16. The Morgan fingerprint density at radius 1 is 1.14 bits per heavy atom. The summed E-state index contributed by atoms with van der Waals surface area (Å²) in [6, 6.07) is 8.66. The third-order valence-electron chi connectivity index (χ3n) is 6.02. The summed E-state index contributed by atoms with van der Waals surface area (Å²) >= 11 is 0. The average molecular weight is 386 g/mol. The zero-order valence-corrected chi connectivity index (χ0v) is 16.4. The van der Waals surface area contributed by atoms with E-state index in [0.717, 1.165) is 63.4 Å². The van der Waals surface area contributed by atoms with Crippen molar-refractivity contribution in [3.63, 3.8) is 0 Å². The third kappa shape index (κ3) is 2.40. The van der Waals surface area contributed by atoms with Gasteiger partial charge in [-0.05, 0) is 43.7 Å². The van der Waals surface area contributed by atoms with E-state index >= 15 is 0 Å². The van der Waals surface area contributed by atoms with Gasteiger partial charge in [0, 0.05) is 29.7 Å². The summed E-state index contributed by atoms with van der Waals surface area (Å²) in [6.45, 7) is 1.05. The number of rotatable bonds is 3. The maximum absolute atomic E-state index is 5.45. The minimum Gasteiger partial charge on any atom is -0.497 e. The van der Waals surface area contributed by atoms with E-state index in [0.29, 0.717) is 6.04 Å². The maximum atomic E-state index is 5.45. The second-order valence-corrected chi connectivity index (χ2v) is 7.74. The number of ether oxygens (including phenoxy) is 1. The topological polar surface area (TPSA) is 72.2 Å². The summed E-state index contributed by atoms with van der Waals surface area (Å²) in [6.07, 6.45) is 8.25. The molecule has 1 saturated heterocycles. The largest absolute Gasteiger partial charge is 0.497 e. The van der Waals surface area contributed by atoms with Gasteiger partial charge in [-0.1, -0.05) is 0 Å². The first-order chi connectivity index (χ1) is 14.2. The Hall–Kier alpha value is -3.32. The summed E-state index contributed by atoms with van der Waals surface area (Å²) in [7, 11) is 3.77. The number of aryl methyl sites for hydroxylation is 1. The lowest BCUT2D eigenvalue weighted by molar-refractivity contribution is 0.415. The minimum atomic E-state index is 0.295. The van der Waals surface area contributed by atoms with Gasteiger partial charge >= 0.3 is 0 Å². The van der Waals surface area contributed by atoms with Crippen molar-refractivity contribution in [1.82, 2.24) is 29.2 Å². The summed E-state index contributed by atoms with van der Waals surface area (Å²) in [5.41, 5.74) is 6.27. The number of aromatic nitrogens is 5. The molecular weight excluding hydrogens is 364 g/mol. The predicted molar refractivity (Wildman–Crippen MR) is 113 cm³/mol. The number of nitrogens with one attached hydrogen (secondary N) is 2. The van der Waals surface area contributed by atoms with Crippen LogP contribution in [0.1, 0.15) is 24.7 Å². The van der Waals surface area contributed by atoms with Crippen LogP contribution >= 0.6 is 0 Å². The van der Waals surface area contributed by atoms with Gasteiger partial charge in [0.2, 0.25) is 0 Å². The highest BCUT2D eigenvalue weighted by Crippen LogP contribution is 2.34. The summed E-state index contributed by atoms with van der Waals surface area (Å²) in [4.78, 5) is 12.9. The molecule has 5 aromatic rings. The lowest BCUT2D eigenvalue weighted by atomic mass is 10.1. The molecule has 1 aliphatic heterocycles. The van der Waals surface area contributed by atoms with Crippen molar-refractivity contribution in [2.45, 2.75) is 18.9 Å². The number of nitrogens with zero attached hydrogens (tertiary/aromatic N) is 4. The first-order valence-corrected chi connectivity index (χ1v) is 9.95. The van der Waals surface area contributed by atoms with E-state index in [1.54, 1.807) is 7.11 Å². The van der Waals surface area contributed by atoms with Crippen LogP contribution in [0.25, 0.3) is 38.8 Å². The molecule has 29 heavy (non-hydrogen) atoms. The smallest absolute Gasteiger partial charge is 0.154 e. The zero-order valence-electron chi connectivity index (χ0n) is 16.4. The van der Waals surface area contributed by atoms with Crippen LogP contribution in [-0.2, 0) is 7.05 Å². The molecule has 7 nitrogen and oxygen atoms in total. The van der Waals surface area contributed by atoms with Gasteiger partial charge in [0.05, 0.1) is 42.3 Å². The Labute approximate surface area is 167 Å². The number of hydrogen-bond acceptors (Lipinski definition) is 4. The number of H-pyrrole nitrogens is 1. The van der Waals surface area contributed by atoms with Crippen molar-refractivity contribution in [1.29, 1.82) is 0 Å². The zero-order chi connectivity index (χ0) is 19.5. The van der Waals surface area contributed by atoms with Crippen LogP contribution in [0.4, 0.5) is 0 Å². The molecule has 5 heterocycles. The van der Waals surface area contributed by atoms with Crippen LogP contribution in [0.3, 0.4) is 0 Å². The number of aromatic amines is 1. The van der Waals surface area contributed by atoms with Gasteiger partial charge in [0.1, 0.15) is 11.6 Å². The van der Waals surface area contributed by atoms with Gasteiger partial charge < -0.3 is 19.6 Å². The monoisotopic (exact) mass is 386 g/mol. The predicted octanol–water partition coefficient (Wildman–Crippen LogP) is 3.80. The fourth-order valence-electron chi connectivity index (χ4n) is 4.57. The molecule has 0 radical (unpaired) electrons. The Morgan fingerprint density at radius 2 is 2.03 bits per heavy atom. The minimum absolute atomic E-state index is 0.295. The van der Waals surface area contributed by atoms with E-state index in [9.17, 15) is 0 Å². The SMILES string of the molecule is COc1ccc2c(c1)c(-c1cc3c(ncc4cnc(C5CCCN5)n43)[nH]1)cn2C. The Balaban J connectivity index is 1.59. The second-order valence-electron chi connectivity index (χ2n) is 7.74. The molecule has 0 saturated carbocycles. The summed E-state index contributed by atoms with van der Waals surface area (Å²) in [5, 5.41) is 4.71. The van der Waals surface area contributed by atoms with E-state index in [2.05, 4.69) is 55.7 Å². The quantitative estimate of drug-likeness (QED) is 0.495. The Kier molecular flexibility index (Phi) is 3.49. The fourth-order valence-corrected chi connectivity index (χ4v) is 4.57. The lowest BCUT2D eigenvalue weighted by Gasteiger charge is -2.09. The first kappa shape index (κ1) is 16.6. The van der Waals surface area contributed by atoms with Crippen molar-refractivity contribution in [3.05, 3.63) is 48.7 Å². The van der Waals surface area contributed by atoms with Crippen molar-refractivity contribution < 1.29 is 4.74 Å². The van der Waals surface area contributed by atoms with Crippen molar-refractivity contribution in [2.24, 2.45) is 7.05 Å². The molecule has 1 aliphatic rings. The molecule has 0 aliphatic carbocycles. The van der Waals surface area contributed by atoms with Crippen LogP contribution in [0.15, 0.2) is 42.9 Å². The van der Waals surface area contributed by atoms with E-state index in [1.807, 2.05) is 18.5 Å². The highest BCUT2D eigenvalue weighted by Gasteiger charge is 2.22. The van der Waals surface area contributed by atoms with Gasteiger partial charge in [-0.15, -0.1) is 0 Å². The normalized spacial score (nSPS) is 17.1. The Morgan fingerprint density at radius 3 is 2.86 bits per heavy atom. The maximum Gasteiger partial charge on any atom is 0.154 e.